The van der Waals surface area contributed by atoms with Crippen LogP contribution in [0.1, 0.15) is 10.4 Å². The van der Waals surface area contributed by atoms with Gasteiger partial charge in [-0.1, -0.05) is 0 Å². The Morgan fingerprint density at radius 2 is 1.85 bits per heavy atom. The quantitative estimate of drug-likeness (QED) is 0.875. The van der Waals surface area contributed by atoms with Gasteiger partial charge in [0.15, 0.2) is 0 Å². The number of nitrogens with two attached hydrogens (primary N) is 1. The molecule has 0 atom stereocenters. The molecule has 4 nitrogen and oxygen atoms in total. The molecule has 0 bridgehead atoms. The average molecular weight is 274 g/mol. The third kappa shape index (κ3) is 2.71. The van der Waals surface area contributed by atoms with Crippen molar-refractivity contribution in [1.82, 2.24) is 0 Å². The van der Waals surface area contributed by atoms with Gasteiger partial charge in [0.05, 0.1) is 12.7 Å². The fraction of sp³-hybridized carbons (Fsp3) is 0.133. The Bertz CT molecular complexity index is 626. The lowest BCUT2D eigenvalue weighted by molar-refractivity contribution is 0.0989. The lowest BCUT2D eigenvalue weighted by Crippen LogP contribution is -2.27. The second-order valence-electron chi connectivity index (χ2n) is 4.30. The van der Waals surface area contributed by atoms with E-state index in [9.17, 15) is 9.18 Å². The number of amides is 1. The molecule has 0 aliphatic carbocycles. The number of halogens is 1. The smallest absolute Gasteiger partial charge is 0.261 e. The molecule has 0 fully saturated rings. The first-order valence-electron chi connectivity index (χ1n) is 6.00. The summed E-state index contributed by atoms with van der Waals surface area (Å²) in [6.45, 7) is 0. The molecule has 0 unspecified atom stereocenters. The summed E-state index contributed by atoms with van der Waals surface area (Å²) >= 11 is 0. The van der Waals surface area contributed by atoms with Crippen LogP contribution in [0, 0.1) is 5.82 Å². The SMILES string of the molecule is COc1ccc(N(C)C(=O)c2cc(N)ccc2F)cc1. The van der Waals surface area contributed by atoms with E-state index in [4.69, 9.17) is 10.5 Å². The largest absolute Gasteiger partial charge is 0.497 e. The van der Waals surface area contributed by atoms with E-state index in [1.165, 1.54) is 23.1 Å². The second kappa shape index (κ2) is 5.61. The number of benzene rings is 2. The molecule has 104 valence electrons. The Balaban J connectivity index is 2.29. The van der Waals surface area contributed by atoms with Crippen LogP contribution in [-0.2, 0) is 0 Å². The molecule has 2 aromatic carbocycles. The highest BCUT2D eigenvalue weighted by molar-refractivity contribution is 6.06. The number of anilines is 2. The maximum Gasteiger partial charge on any atom is 0.261 e. The van der Waals surface area contributed by atoms with Crippen molar-refractivity contribution in [3.05, 3.63) is 53.8 Å². The van der Waals surface area contributed by atoms with Crippen LogP contribution in [0.25, 0.3) is 0 Å². The van der Waals surface area contributed by atoms with Crippen LogP contribution in [0.4, 0.5) is 15.8 Å². The number of carbonyl (C=O) groups is 1. The van der Waals surface area contributed by atoms with E-state index in [0.29, 0.717) is 17.1 Å². The Hall–Kier alpha value is -2.56. The van der Waals surface area contributed by atoms with Crippen molar-refractivity contribution in [2.24, 2.45) is 0 Å². The molecule has 0 aromatic heterocycles. The van der Waals surface area contributed by atoms with Gasteiger partial charge in [-0.25, -0.2) is 4.39 Å². The number of nitrogens with zero attached hydrogens (tertiary/aromatic N) is 1. The molecule has 1 amide bonds. The van der Waals surface area contributed by atoms with Crippen LogP contribution in [-0.4, -0.2) is 20.1 Å². The number of rotatable bonds is 3. The number of hydrogen-bond acceptors (Lipinski definition) is 3. The number of nitrogen functional groups attached to an aromatic ring is 1. The minimum Gasteiger partial charge on any atom is -0.497 e. The lowest BCUT2D eigenvalue weighted by Gasteiger charge is -2.18. The van der Waals surface area contributed by atoms with E-state index in [2.05, 4.69) is 0 Å². The van der Waals surface area contributed by atoms with Crippen LogP contribution in [0.3, 0.4) is 0 Å². The van der Waals surface area contributed by atoms with E-state index in [1.807, 2.05) is 0 Å². The Labute approximate surface area is 116 Å². The molecule has 0 aliphatic rings. The first-order valence-corrected chi connectivity index (χ1v) is 6.00. The van der Waals surface area contributed by atoms with Gasteiger partial charge in [0, 0.05) is 18.4 Å². The van der Waals surface area contributed by atoms with Gasteiger partial charge in [0.25, 0.3) is 5.91 Å². The van der Waals surface area contributed by atoms with E-state index in [1.54, 1.807) is 38.4 Å². The molecule has 0 saturated heterocycles. The summed E-state index contributed by atoms with van der Waals surface area (Å²) in [6.07, 6.45) is 0. The van der Waals surface area contributed by atoms with E-state index in [-0.39, 0.29) is 5.56 Å². The number of methoxy groups -OCH3 is 1. The molecule has 0 heterocycles. The fourth-order valence-corrected chi connectivity index (χ4v) is 1.81. The molecule has 20 heavy (non-hydrogen) atoms. The van der Waals surface area contributed by atoms with Crippen LogP contribution in [0.5, 0.6) is 5.75 Å². The molecular weight excluding hydrogens is 259 g/mol. The van der Waals surface area contributed by atoms with Crippen molar-refractivity contribution in [2.75, 3.05) is 24.8 Å². The Morgan fingerprint density at radius 3 is 2.45 bits per heavy atom. The zero-order chi connectivity index (χ0) is 14.7. The van der Waals surface area contributed by atoms with Crippen LogP contribution < -0.4 is 15.4 Å². The van der Waals surface area contributed by atoms with E-state index in [0.717, 1.165) is 0 Å². The maximum absolute atomic E-state index is 13.7. The first-order chi connectivity index (χ1) is 9.52. The molecule has 2 rings (SSSR count). The highest BCUT2D eigenvalue weighted by atomic mass is 19.1. The monoisotopic (exact) mass is 274 g/mol. The second-order valence-corrected chi connectivity index (χ2v) is 4.30. The van der Waals surface area contributed by atoms with Gasteiger partial charge in [0.2, 0.25) is 0 Å². The first kappa shape index (κ1) is 13.9. The fourth-order valence-electron chi connectivity index (χ4n) is 1.81. The van der Waals surface area contributed by atoms with Gasteiger partial charge in [-0.05, 0) is 42.5 Å². The lowest BCUT2D eigenvalue weighted by atomic mass is 10.1. The third-order valence-corrected chi connectivity index (χ3v) is 2.99. The maximum atomic E-state index is 13.7. The van der Waals surface area contributed by atoms with Crippen molar-refractivity contribution >= 4 is 17.3 Å². The molecule has 0 aliphatic heterocycles. The molecular formula is C15H15FN2O2. The molecule has 2 N–H and O–H groups in total. The van der Waals surface area contributed by atoms with Crippen LogP contribution >= 0.6 is 0 Å². The highest BCUT2D eigenvalue weighted by Gasteiger charge is 2.17. The van der Waals surface area contributed by atoms with Gasteiger partial charge in [-0.2, -0.15) is 0 Å². The van der Waals surface area contributed by atoms with Crippen molar-refractivity contribution < 1.29 is 13.9 Å². The summed E-state index contributed by atoms with van der Waals surface area (Å²) in [5, 5.41) is 0. The van der Waals surface area contributed by atoms with Crippen LogP contribution in [0.2, 0.25) is 0 Å². The van der Waals surface area contributed by atoms with Crippen molar-refractivity contribution in [3.63, 3.8) is 0 Å². The van der Waals surface area contributed by atoms with Crippen molar-refractivity contribution in [3.8, 4) is 5.75 Å². The summed E-state index contributed by atoms with van der Waals surface area (Å²) in [6, 6.07) is 10.8. The van der Waals surface area contributed by atoms with Gasteiger partial charge < -0.3 is 15.4 Å². The number of hydrogen-bond donors (Lipinski definition) is 1. The standard InChI is InChI=1S/C15H15FN2O2/c1-18(11-4-6-12(20-2)7-5-11)15(19)13-9-10(17)3-8-14(13)16/h3-9H,17H2,1-2H3. The van der Waals surface area contributed by atoms with E-state index >= 15 is 0 Å². The van der Waals surface area contributed by atoms with Gasteiger partial charge in [-0.3, -0.25) is 4.79 Å². The zero-order valence-electron chi connectivity index (χ0n) is 11.3. The predicted molar refractivity (Wildman–Crippen MR) is 76.5 cm³/mol. The number of ether oxygens (including phenoxy) is 1. The third-order valence-electron chi connectivity index (χ3n) is 2.99. The number of carbonyl (C=O) groups excluding carboxylic acids is 1. The average Bonchev–Trinajstić information content (AvgIpc) is 2.48. The van der Waals surface area contributed by atoms with Crippen LogP contribution in [0.15, 0.2) is 42.5 Å². The van der Waals surface area contributed by atoms with Gasteiger partial charge in [0.1, 0.15) is 11.6 Å². The van der Waals surface area contributed by atoms with Crippen molar-refractivity contribution in [1.29, 1.82) is 0 Å². The molecule has 2 aromatic rings. The zero-order valence-corrected chi connectivity index (χ0v) is 11.3. The summed E-state index contributed by atoms with van der Waals surface area (Å²) in [5.74, 6) is -0.366. The highest BCUT2D eigenvalue weighted by Crippen LogP contribution is 2.21. The Morgan fingerprint density at radius 1 is 1.20 bits per heavy atom. The minimum absolute atomic E-state index is 0.0525. The molecule has 0 radical (unpaired) electrons. The predicted octanol–water partition coefficient (Wildman–Crippen LogP) is 2.69. The summed E-state index contributed by atoms with van der Waals surface area (Å²) < 4.78 is 18.7. The molecule has 0 saturated carbocycles. The van der Waals surface area contributed by atoms with Gasteiger partial charge in [-0.15, -0.1) is 0 Å². The Kier molecular flexibility index (Phi) is 3.89. The summed E-state index contributed by atoms with van der Waals surface area (Å²) in [5.41, 5.74) is 6.52. The summed E-state index contributed by atoms with van der Waals surface area (Å²) in [7, 11) is 3.14. The molecule has 0 spiro atoms. The molecule has 5 heteroatoms. The minimum atomic E-state index is -0.593. The van der Waals surface area contributed by atoms with E-state index < -0.39 is 11.7 Å². The summed E-state index contributed by atoms with van der Waals surface area (Å²) in [4.78, 5) is 13.6. The van der Waals surface area contributed by atoms with Crippen molar-refractivity contribution in [2.45, 2.75) is 0 Å². The topological polar surface area (TPSA) is 55.6 Å². The normalized spacial score (nSPS) is 10.2. The van der Waals surface area contributed by atoms with Gasteiger partial charge >= 0.3 is 0 Å².